The minimum atomic E-state index is -0.472. The standard InChI is InChI=1S/C13H17FN2O/c14-12-8-4-3-7-11(12)13(17)15-16-9-5-1-2-6-10-16/h3-4,7-8H,1-2,5-6,9-10H2,(H,15,17). The van der Waals surface area contributed by atoms with E-state index in [9.17, 15) is 9.18 Å². The molecule has 1 heterocycles. The Labute approximate surface area is 101 Å². The van der Waals surface area contributed by atoms with E-state index in [0.717, 1.165) is 25.9 Å². The van der Waals surface area contributed by atoms with Gasteiger partial charge >= 0.3 is 0 Å². The van der Waals surface area contributed by atoms with E-state index in [-0.39, 0.29) is 11.5 Å². The van der Waals surface area contributed by atoms with Crippen molar-refractivity contribution in [3.8, 4) is 0 Å². The van der Waals surface area contributed by atoms with Gasteiger partial charge in [-0.3, -0.25) is 10.2 Å². The molecule has 0 unspecified atom stereocenters. The summed E-state index contributed by atoms with van der Waals surface area (Å²) in [6.07, 6.45) is 4.56. The third kappa shape index (κ3) is 3.27. The van der Waals surface area contributed by atoms with Crippen LogP contribution < -0.4 is 5.43 Å². The smallest absolute Gasteiger partial charge is 0.268 e. The van der Waals surface area contributed by atoms with Crippen LogP contribution in [0.4, 0.5) is 4.39 Å². The number of hydrazine groups is 1. The molecule has 0 saturated carbocycles. The van der Waals surface area contributed by atoms with Crippen molar-refractivity contribution in [3.05, 3.63) is 35.6 Å². The van der Waals surface area contributed by atoms with Gasteiger partial charge in [0.15, 0.2) is 0 Å². The van der Waals surface area contributed by atoms with Crippen molar-refractivity contribution >= 4 is 5.91 Å². The van der Waals surface area contributed by atoms with Crippen molar-refractivity contribution < 1.29 is 9.18 Å². The highest BCUT2D eigenvalue weighted by molar-refractivity contribution is 5.94. The second kappa shape index (κ2) is 5.77. The highest BCUT2D eigenvalue weighted by Gasteiger charge is 2.15. The van der Waals surface area contributed by atoms with E-state index in [1.807, 2.05) is 5.01 Å². The molecule has 92 valence electrons. The van der Waals surface area contributed by atoms with Gasteiger partial charge in [-0.05, 0) is 25.0 Å². The van der Waals surface area contributed by atoms with Gasteiger partial charge in [0.25, 0.3) is 5.91 Å². The minimum absolute atomic E-state index is 0.108. The van der Waals surface area contributed by atoms with Gasteiger partial charge in [-0.1, -0.05) is 25.0 Å². The normalized spacial score (nSPS) is 17.5. The first-order valence-electron chi connectivity index (χ1n) is 6.08. The molecule has 1 saturated heterocycles. The van der Waals surface area contributed by atoms with E-state index >= 15 is 0 Å². The first-order chi connectivity index (χ1) is 8.27. The van der Waals surface area contributed by atoms with Crippen LogP contribution in [0.15, 0.2) is 24.3 Å². The number of carbonyl (C=O) groups is 1. The van der Waals surface area contributed by atoms with Crippen molar-refractivity contribution in [3.63, 3.8) is 0 Å². The third-order valence-electron chi connectivity index (χ3n) is 2.98. The molecule has 1 aromatic carbocycles. The molecule has 0 radical (unpaired) electrons. The molecule has 0 aromatic heterocycles. The molecule has 0 aliphatic carbocycles. The lowest BCUT2D eigenvalue weighted by Crippen LogP contribution is -2.42. The molecule has 1 fully saturated rings. The fourth-order valence-corrected chi connectivity index (χ4v) is 2.03. The Hall–Kier alpha value is -1.42. The Balaban J connectivity index is 1.98. The molecule has 2 rings (SSSR count). The average molecular weight is 236 g/mol. The molecular weight excluding hydrogens is 219 g/mol. The first-order valence-corrected chi connectivity index (χ1v) is 6.08. The van der Waals surface area contributed by atoms with Crippen LogP contribution in [-0.2, 0) is 0 Å². The molecule has 3 nitrogen and oxygen atoms in total. The van der Waals surface area contributed by atoms with Crippen LogP contribution in [0.1, 0.15) is 36.0 Å². The Kier molecular flexibility index (Phi) is 4.09. The molecule has 1 aromatic rings. The number of hydrogen-bond donors (Lipinski definition) is 1. The van der Waals surface area contributed by atoms with E-state index in [2.05, 4.69) is 5.43 Å². The predicted molar refractivity (Wildman–Crippen MR) is 63.9 cm³/mol. The van der Waals surface area contributed by atoms with Gasteiger partial charge in [0, 0.05) is 13.1 Å². The van der Waals surface area contributed by atoms with Crippen LogP contribution >= 0.6 is 0 Å². The van der Waals surface area contributed by atoms with Crippen molar-refractivity contribution in [2.75, 3.05) is 13.1 Å². The predicted octanol–water partition coefficient (Wildman–Crippen LogP) is 2.35. The van der Waals surface area contributed by atoms with Crippen molar-refractivity contribution in [1.82, 2.24) is 10.4 Å². The molecular formula is C13H17FN2O. The third-order valence-corrected chi connectivity index (χ3v) is 2.98. The van der Waals surface area contributed by atoms with Crippen LogP contribution in [0.3, 0.4) is 0 Å². The number of amides is 1. The van der Waals surface area contributed by atoms with Crippen LogP contribution in [0.2, 0.25) is 0 Å². The van der Waals surface area contributed by atoms with Gasteiger partial charge in [-0.2, -0.15) is 0 Å². The highest BCUT2D eigenvalue weighted by atomic mass is 19.1. The topological polar surface area (TPSA) is 32.3 Å². The molecule has 0 bridgehead atoms. The summed E-state index contributed by atoms with van der Waals surface area (Å²) in [7, 11) is 0. The maximum absolute atomic E-state index is 13.4. The molecule has 0 atom stereocenters. The zero-order valence-corrected chi connectivity index (χ0v) is 9.79. The SMILES string of the molecule is O=C(NN1CCCCCC1)c1ccccc1F. The number of halogens is 1. The second-order valence-corrected chi connectivity index (χ2v) is 4.32. The molecule has 1 N–H and O–H groups in total. The minimum Gasteiger partial charge on any atom is -0.285 e. The van der Waals surface area contributed by atoms with E-state index in [1.165, 1.54) is 25.0 Å². The monoisotopic (exact) mass is 236 g/mol. The van der Waals surface area contributed by atoms with E-state index in [1.54, 1.807) is 12.1 Å². The Bertz CT molecular complexity index is 387. The largest absolute Gasteiger partial charge is 0.285 e. The fraction of sp³-hybridized carbons (Fsp3) is 0.462. The van der Waals surface area contributed by atoms with Gasteiger partial charge < -0.3 is 0 Å². The Morgan fingerprint density at radius 1 is 1.12 bits per heavy atom. The summed E-state index contributed by atoms with van der Waals surface area (Å²) in [6.45, 7) is 1.69. The van der Waals surface area contributed by atoms with E-state index in [0.29, 0.717) is 0 Å². The summed E-state index contributed by atoms with van der Waals surface area (Å²) in [5.41, 5.74) is 2.88. The summed E-state index contributed by atoms with van der Waals surface area (Å²) in [5.74, 6) is -0.829. The van der Waals surface area contributed by atoms with Gasteiger partial charge in [0.05, 0.1) is 5.56 Å². The van der Waals surface area contributed by atoms with Gasteiger partial charge in [0.2, 0.25) is 0 Å². The summed E-state index contributed by atoms with van der Waals surface area (Å²) < 4.78 is 13.4. The van der Waals surface area contributed by atoms with Gasteiger partial charge in [-0.25, -0.2) is 9.40 Å². The van der Waals surface area contributed by atoms with Gasteiger partial charge in [-0.15, -0.1) is 0 Å². The van der Waals surface area contributed by atoms with Crippen LogP contribution in [0.5, 0.6) is 0 Å². The van der Waals surface area contributed by atoms with E-state index < -0.39 is 5.82 Å². The van der Waals surface area contributed by atoms with Crippen LogP contribution in [0, 0.1) is 5.82 Å². The molecule has 1 aliphatic heterocycles. The summed E-state index contributed by atoms with van der Waals surface area (Å²) in [4.78, 5) is 11.9. The molecule has 1 amide bonds. The van der Waals surface area contributed by atoms with Crippen LogP contribution in [0.25, 0.3) is 0 Å². The lowest BCUT2D eigenvalue weighted by molar-refractivity contribution is 0.0790. The van der Waals surface area contributed by atoms with Crippen molar-refractivity contribution in [1.29, 1.82) is 0 Å². The number of benzene rings is 1. The number of nitrogens with one attached hydrogen (secondary N) is 1. The quantitative estimate of drug-likeness (QED) is 0.854. The number of rotatable bonds is 2. The molecule has 17 heavy (non-hydrogen) atoms. The molecule has 1 aliphatic rings. The lowest BCUT2D eigenvalue weighted by Gasteiger charge is -2.20. The second-order valence-electron chi connectivity index (χ2n) is 4.32. The van der Waals surface area contributed by atoms with Crippen molar-refractivity contribution in [2.45, 2.75) is 25.7 Å². The Morgan fingerprint density at radius 3 is 2.41 bits per heavy atom. The molecule has 4 heteroatoms. The summed E-state index contributed by atoms with van der Waals surface area (Å²) in [5, 5.41) is 1.89. The summed E-state index contributed by atoms with van der Waals surface area (Å²) in [6, 6.07) is 6.05. The summed E-state index contributed by atoms with van der Waals surface area (Å²) >= 11 is 0. The number of nitrogens with zero attached hydrogens (tertiary/aromatic N) is 1. The maximum atomic E-state index is 13.4. The highest BCUT2D eigenvalue weighted by Crippen LogP contribution is 2.10. The van der Waals surface area contributed by atoms with Crippen LogP contribution in [-0.4, -0.2) is 24.0 Å². The number of hydrogen-bond acceptors (Lipinski definition) is 2. The average Bonchev–Trinajstić information content (AvgIpc) is 2.58. The Morgan fingerprint density at radius 2 is 1.76 bits per heavy atom. The van der Waals surface area contributed by atoms with Crippen molar-refractivity contribution in [2.24, 2.45) is 0 Å². The number of carbonyl (C=O) groups excluding carboxylic acids is 1. The van der Waals surface area contributed by atoms with E-state index in [4.69, 9.17) is 0 Å². The maximum Gasteiger partial charge on any atom is 0.268 e. The molecule has 0 spiro atoms. The lowest BCUT2D eigenvalue weighted by atomic mass is 10.2. The fourth-order valence-electron chi connectivity index (χ4n) is 2.03. The first kappa shape index (κ1) is 12.0. The van der Waals surface area contributed by atoms with Gasteiger partial charge in [0.1, 0.15) is 5.82 Å². The zero-order chi connectivity index (χ0) is 12.1. The zero-order valence-electron chi connectivity index (χ0n) is 9.79.